The molecule has 0 spiro atoms. The predicted octanol–water partition coefficient (Wildman–Crippen LogP) is 3.45. The average molecular weight is 373 g/mol. The summed E-state index contributed by atoms with van der Waals surface area (Å²) in [5, 5.41) is 11.7. The van der Waals surface area contributed by atoms with Crippen molar-refractivity contribution in [2.75, 3.05) is 7.05 Å². The van der Waals surface area contributed by atoms with E-state index in [9.17, 15) is 4.79 Å². The number of hydrogen-bond donors (Lipinski definition) is 3. The molecule has 0 aliphatic carbocycles. The van der Waals surface area contributed by atoms with Crippen LogP contribution in [0.25, 0.3) is 0 Å². The molecule has 6 heteroatoms. The lowest BCUT2D eigenvalue weighted by molar-refractivity contribution is 0.0919. The van der Waals surface area contributed by atoms with E-state index < -0.39 is 0 Å². The van der Waals surface area contributed by atoms with Crippen molar-refractivity contribution < 1.29 is 4.79 Å². The van der Waals surface area contributed by atoms with E-state index in [2.05, 4.69) is 39.3 Å². The minimum absolute atomic E-state index is 0.0602. The van der Waals surface area contributed by atoms with E-state index in [1.165, 1.54) is 10.4 Å². The van der Waals surface area contributed by atoms with Crippen LogP contribution in [0.1, 0.15) is 47.1 Å². The van der Waals surface area contributed by atoms with E-state index in [4.69, 9.17) is 0 Å². The number of carbonyl (C=O) groups excluding carboxylic acids is 1. The Morgan fingerprint density at radius 2 is 1.88 bits per heavy atom. The van der Waals surface area contributed by atoms with E-state index in [0.717, 1.165) is 18.1 Å². The Morgan fingerprint density at radius 3 is 2.50 bits per heavy atom. The van der Waals surface area contributed by atoms with Crippen LogP contribution in [-0.4, -0.2) is 24.5 Å². The summed E-state index contributed by atoms with van der Waals surface area (Å²) in [6.45, 7) is 9.37. The zero-order chi connectivity index (χ0) is 19.2. The summed E-state index contributed by atoms with van der Waals surface area (Å²) in [6, 6.07) is 9.76. The highest BCUT2D eigenvalue weighted by Gasteiger charge is 2.15. The summed E-state index contributed by atoms with van der Waals surface area (Å²) in [4.78, 5) is 17.9. The van der Waals surface area contributed by atoms with Gasteiger partial charge in [0.1, 0.15) is 0 Å². The Kier molecular flexibility index (Phi) is 6.80. The molecule has 1 amide bonds. The predicted molar refractivity (Wildman–Crippen MR) is 110 cm³/mol. The maximum Gasteiger partial charge on any atom is 0.251 e. The highest BCUT2D eigenvalue weighted by atomic mass is 32.1. The average Bonchev–Trinajstić information content (AvgIpc) is 2.99. The molecule has 0 unspecified atom stereocenters. The number of rotatable bonds is 5. The monoisotopic (exact) mass is 372 g/mol. The third-order valence-electron chi connectivity index (χ3n) is 3.75. The maximum absolute atomic E-state index is 12.3. The fraction of sp³-hybridized carbons (Fsp3) is 0.400. The number of benzene rings is 1. The Bertz CT molecular complexity index is 774. The van der Waals surface area contributed by atoms with Crippen molar-refractivity contribution in [1.82, 2.24) is 16.0 Å². The SMILES string of the molecule is CN=C(NCc1cccc(C(=O)NC(C)(C)C)c1)NCc1sccc1C. The van der Waals surface area contributed by atoms with Crippen LogP contribution in [0.3, 0.4) is 0 Å². The summed E-state index contributed by atoms with van der Waals surface area (Å²) in [5.41, 5.74) is 2.73. The lowest BCUT2D eigenvalue weighted by Crippen LogP contribution is -2.40. The number of aryl methyl sites for hydroxylation is 1. The number of guanidine groups is 1. The molecule has 1 aromatic heterocycles. The topological polar surface area (TPSA) is 65.5 Å². The fourth-order valence-electron chi connectivity index (χ4n) is 2.39. The first kappa shape index (κ1) is 20.0. The molecule has 26 heavy (non-hydrogen) atoms. The van der Waals surface area contributed by atoms with Gasteiger partial charge in [0.2, 0.25) is 0 Å². The molecular formula is C20H28N4OS. The summed E-state index contributed by atoms with van der Waals surface area (Å²) in [7, 11) is 1.75. The first-order chi connectivity index (χ1) is 12.3. The van der Waals surface area contributed by atoms with Gasteiger partial charge >= 0.3 is 0 Å². The summed E-state index contributed by atoms with van der Waals surface area (Å²) in [6.07, 6.45) is 0. The second kappa shape index (κ2) is 8.85. The van der Waals surface area contributed by atoms with Gasteiger partial charge in [-0.1, -0.05) is 12.1 Å². The number of nitrogens with zero attached hydrogens (tertiary/aromatic N) is 1. The summed E-state index contributed by atoms with van der Waals surface area (Å²) in [5.74, 6) is 0.678. The minimum atomic E-state index is -0.253. The third kappa shape index (κ3) is 6.19. The van der Waals surface area contributed by atoms with E-state index >= 15 is 0 Å². The zero-order valence-electron chi connectivity index (χ0n) is 16.1. The standard InChI is InChI=1S/C20H28N4OS/c1-14-9-10-26-17(14)13-23-19(21-5)22-12-15-7-6-8-16(11-15)18(25)24-20(2,3)4/h6-11H,12-13H2,1-5H3,(H,24,25)(H2,21,22,23). The first-order valence-corrected chi connectivity index (χ1v) is 9.55. The quantitative estimate of drug-likeness (QED) is 0.556. The molecule has 0 aliphatic rings. The number of carbonyl (C=O) groups is 1. The first-order valence-electron chi connectivity index (χ1n) is 8.67. The smallest absolute Gasteiger partial charge is 0.251 e. The molecule has 140 valence electrons. The second-order valence-corrected chi connectivity index (χ2v) is 8.21. The molecule has 0 saturated carbocycles. The van der Waals surface area contributed by atoms with E-state index in [-0.39, 0.29) is 11.4 Å². The molecule has 0 saturated heterocycles. The van der Waals surface area contributed by atoms with Gasteiger partial charge in [0, 0.05) is 29.6 Å². The van der Waals surface area contributed by atoms with Gasteiger partial charge in [-0.2, -0.15) is 0 Å². The van der Waals surface area contributed by atoms with Gasteiger partial charge in [0.05, 0.1) is 6.54 Å². The Hall–Kier alpha value is -2.34. The number of hydrogen-bond acceptors (Lipinski definition) is 3. The van der Waals surface area contributed by atoms with E-state index in [1.54, 1.807) is 18.4 Å². The van der Waals surface area contributed by atoms with Gasteiger partial charge in [-0.15, -0.1) is 11.3 Å². The van der Waals surface area contributed by atoms with Crippen molar-refractivity contribution in [2.24, 2.45) is 4.99 Å². The Balaban J connectivity index is 1.92. The van der Waals surface area contributed by atoms with E-state index in [0.29, 0.717) is 12.1 Å². The van der Waals surface area contributed by atoms with Crippen LogP contribution in [0.4, 0.5) is 0 Å². The fourth-order valence-corrected chi connectivity index (χ4v) is 3.24. The molecule has 0 radical (unpaired) electrons. The Morgan fingerprint density at radius 1 is 1.15 bits per heavy atom. The minimum Gasteiger partial charge on any atom is -0.352 e. The molecule has 0 aliphatic heterocycles. The maximum atomic E-state index is 12.3. The largest absolute Gasteiger partial charge is 0.352 e. The number of nitrogens with one attached hydrogen (secondary N) is 3. The summed E-state index contributed by atoms with van der Waals surface area (Å²) < 4.78 is 0. The molecule has 2 rings (SSSR count). The van der Waals surface area contributed by atoms with Crippen LogP contribution in [0.2, 0.25) is 0 Å². The molecule has 5 nitrogen and oxygen atoms in total. The molecule has 0 fully saturated rings. The molecule has 2 aromatic rings. The number of aliphatic imine (C=N–C) groups is 1. The molecule has 1 heterocycles. The zero-order valence-corrected chi connectivity index (χ0v) is 17.0. The highest BCUT2D eigenvalue weighted by Crippen LogP contribution is 2.14. The van der Waals surface area contributed by atoms with Crippen molar-refractivity contribution in [3.8, 4) is 0 Å². The summed E-state index contributed by atoms with van der Waals surface area (Å²) >= 11 is 1.74. The van der Waals surface area contributed by atoms with Crippen LogP contribution in [0.15, 0.2) is 40.7 Å². The van der Waals surface area contributed by atoms with Crippen LogP contribution >= 0.6 is 11.3 Å². The van der Waals surface area contributed by atoms with Gasteiger partial charge < -0.3 is 16.0 Å². The van der Waals surface area contributed by atoms with Crippen LogP contribution in [0, 0.1) is 6.92 Å². The van der Waals surface area contributed by atoms with Crippen LogP contribution < -0.4 is 16.0 Å². The van der Waals surface area contributed by atoms with Crippen LogP contribution in [0.5, 0.6) is 0 Å². The molecule has 1 aromatic carbocycles. The van der Waals surface area contributed by atoms with Crippen LogP contribution in [-0.2, 0) is 13.1 Å². The second-order valence-electron chi connectivity index (χ2n) is 7.21. The molecule has 0 bridgehead atoms. The number of thiophene rings is 1. The van der Waals surface area contributed by atoms with Crippen molar-refractivity contribution in [3.63, 3.8) is 0 Å². The van der Waals surface area contributed by atoms with Crippen molar-refractivity contribution in [3.05, 3.63) is 57.3 Å². The van der Waals surface area contributed by atoms with Gasteiger partial charge in [-0.25, -0.2) is 0 Å². The van der Waals surface area contributed by atoms with Crippen molar-refractivity contribution >= 4 is 23.2 Å². The van der Waals surface area contributed by atoms with Gasteiger partial charge in [-0.05, 0) is 62.4 Å². The molecular weight excluding hydrogens is 344 g/mol. The van der Waals surface area contributed by atoms with Crippen molar-refractivity contribution in [1.29, 1.82) is 0 Å². The highest BCUT2D eigenvalue weighted by molar-refractivity contribution is 7.10. The molecule has 0 atom stereocenters. The lowest BCUT2D eigenvalue weighted by Gasteiger charge is -2.20. The van der Waals surface area contributed by atoms with Gasteiger partial charge in [0.25, 0.3) is 5.91 Å². The van der Waals surface area contributed by atoms with E-state index in [1.807, 2.05) is 45.0 Å². The van der Waals surface area contributed by atoms with Crippen molar-refractivity contribution in [2.45, 2.75) is 46.3 Å². The number of amides is 1. The normalized spacial score (nSPS) is 12.0. The van der Waals surface area contributed by atoms with Gasteiger partial charge in [0.15, 0.2) is 5.96 Å². The third-order valence-corrected chi connectivity index (χ3v) is 4.77. The molecule has 3 N–H and O–H groups in total. The lowest BCUT2D eigenvalue weighted by atomic mass is 10.1. The Labute approximate surface area is 159 Å². The van der Waals surface area contributed by atoms with Gasteiger partial charge in [-0.3, -0.25) is 9.79 Å².